The number of rotatable bonds is 2. The normalized spacial score (nSPS) is 18.4. The predicted molar refractivity (Wildman–Crippen MR) is 68.7 cm³/mol. The van der Waals surface area contributed by atoms with Crippen molar-refractivity contribution in [2.45, 2.75) is 13.0 Å². The highest BCUT2D eigenvalue weighted by Crippen LogP contribution is 2.31. The number of hydrogen-bond donors (Lipinski definition) is 0. The van der Waals surface area contributed by atoms with Crippen molar-refractivity contribution in [1.82, 2.24) is 9.97 Å². The lowest BCUT2D eigenvalue weighted by Crippen LogP contribution is -2.03. The van der Waals surface area contributed by atoms with Gasteiger partial charge >= 0.3 is 0 Å². The van der Waals surface area contributed by atoms with Crippen LogP contribution in [0.1, 0.15) is 17.2 Å². The second-order valence-corrected chi connectivity index (χ2v) is 4.26. The predicted octanol–water partition coefficient (Wildman–Crippen LogP) is 2.57. The van der Waals surface area contributed by atoms with Crippen LogP contribution in [0, 0.1) is 6.92 Å². The fourth-order valence-corrected chi connectivity index (χ4v) is 2.21. The molecular formula is C14H14N2O2. The van der Waals surface area contributed by atoms with Gasteiger partial charge in [-0.25, -0.2) is 4.98 Å². The zero-order valence-corrected chi connectivity index (χ0v) is 10.4. The maximum atomic E-state index is 5.68. The molecule has 0 spiro atoms. The van der Waals surface area contributed by atoms with Gasteiger partial charge in [0.25, 0.3) is 0 Å². The van der Waals surface area contributed by atoms with Gasteiger partial charge in [-0.15, -0.1) is 0 Å². The minimum Gasteiger partial charge on any atom is -0.481 e. The van der Waals surface area contributed by atoms with E-state index in [1.165, 1.54) is 0 Å². The average molecular weight is 242 g/mol. The minimum atomic E-state index is -0.0323. The van der Waals surface area contributed by atoms with Gasteiger partial charge in [0.1, 0.15) is 6.10 Å². The lowest BCUT2D eigenvalue weighted by Gasteiger charge is -2.14. The van der Waals surface area contributed by atoms with Crippen LogP contribution in [0.25, 0.3) is 11.0 Å². The summed E-state index contributed by atoms with van der Waals surface area (Å²) in [5.74, 6) is 0.595. The van der Waals surface area contributed by atoms with Crippen molar-refractivity contribution in [2.24, 2.45) is 0 Å². The summed E-state index contributed by atoms with van der Waals surface area (Å²) < 4.78 is 10.9. The fraction of sp³-hybridized carbons (Fsp3) is 0.286. The zero-order chi connectivity index (χ0) is 12.5. The Balaban J connectivity index is 2.25. The third-order valence-corrected chi connectivity index (χ3v) is 3.10. The molecule has 0 aromatic carbocycles. The second kappa shape index (κ2) is 4.38. The van der Waals surface area contributed by atoms with E-state index in [-0.39, 0.29) is 6.10 Å². The van der Waals surface area contributed by atoms with Crippen molar-refractivity contribution in [3.8, 4) is 5.88 Å². The van der Waals surface area contributed by atoms with Gasteiger partial charge in [0, 0.05) is 17.8 Å². The summed E-state index contributed by atoms with van der Waals surface area (Å²) in [6, 6.07) is 3.74. The number of aromatic nitrogens is 2. The smallest absolute Gasteiger partial charge is 0.213 e. The van der Waals surface area contributed by atoms with Crippen LogP contribution in [0.4, 0.5) is 0 Å². The summed E-state index contributed by atoms with van der Waals surface area (Å²) in [6.45, 7) is 2.68. The molecule has 92 valence electrons. The van der Waals surface area contributed by atoms with E-state index in [0.717, 1.165) is 22.2 Å². The van der Waals surface area contributed by atoms with Crippen molar-refractivity contribution >= 4 is 11.0 Å². The number of methoxy groups -OCH3 is 1. The highest BCUT2D eigenvalue weighted by Gasteiger charge is 2.19. The lowest BCUT2D eigenvalue weighted by atomic mass is 10.0. The maximum absolute atomic E-state index is 5.68. The summed E-state index contributed by atoms with van der Waals surface area (Å²) >= 11 is 0. The van der Waals surface area contributed by atoms with Crippen LogP contribution in [0.5, 0.6) is 5.88 Å². The molecule has 0 amide bonds. The first-order chi connectivity index (χ1) is 8.79. The van der Waals surface area contributed by atoms with E-state index in [1.807, 2.05) is 31.3 Å². The summed E-state index contributed by atoms with van der Waals surface area (Å²) in [4.78, 5) is 8.89. The molecule has 1 unspecified atom stereocenters. The van der Waals surface area contributed by atoms with E-state index in [2.05, 4.69) is 16.0 Å². The molecule has 4 nitrogen and oxygen atoms in total. The average Bonchev–Trinajstić information content (AvgIpc) is 2.91. The van der Waals surface area contributed by atoms with Gasteiger partial charge in [0.15, 0.2) is 0 Å². The molecular weight excluding hydrogens is 228 g/mol. The molecule has 0 fully saturated rings. The number of aryl methyl sites for hydroxylation is 1. The molecule has 18 heavy (non-hydrogen) atoms. The maximum Gasteiger partial charge on any atom is 0.213 e. The molecule has 4 heteroatoms. The fourth-order valence-electron chi connectivity index (χ4n) is 2.21. The molecule has 3 heterocycles. The summed E-state index contributed by atoms with van der Waals surface area (Å²) in [7, 11) is 1.61. The van der Waals surface area contributed by atoms with Gasteiger partial charge in [0.05, 0.1) is 24.8 Å². The topological polar surface area (TPSA) is 44.2 Å². The van der Waals surface area contributed by atoms with Crippen LogP contribution < -0.4 is 4.74 Å². The van der Waals surface area contributed by atoms with Crippen molar-refractivity contribution in [3.63, 3.8) is 0 Å². The molecule has 0 radical (unpaired) electrons. The first kappa shape index (κ1) is 11.2. The standard InChI is InChI=1S/C14H14N2O2/c1-9-8-15-10-5-6-12(17-2)16-14(10)13(9)11-4-3-7-18-11/h3-6,8,11H,7H2,1-2H3. The first-order valence-electron chi connectivity index (χ1n) is 5.88. The van der Waals surface area contributed by atoms with Crippen LogP contribution in [0.15, 0.2) is 30.5 Å². The lowest BCUT2D eigenvalue weighted by molar-refractivity contribution is 0.130. The SMILES string of the molecule is COc1ccc2ncc(C)c(C3C=CCO3)c2n1. The van der Waals surface area contributed by atoms with Gasteiger partial charge in [-0.2, -0.15) is 0 Å². The molecule has 0 bridgehead atoms. The van der Waals surface area contributed by atoms with E-state index >= 15 is 0 Å². The van der Waals surface area contributed by atoms with E-state index in [0.29, 0.717) is 12.5 Å². The van der Waals surface area contributed by atoms with Crippen LogP contribution in [0.2, 0.25) is 0 Å². The Hall–Kier alpha value is -1.94. The van der Waals surface area contributed by atoms with E-state index in [9.17, 15) is 0 Å². The molecule has 0 saturated heterocycles. The Morgan fingerprint density at radius 2 is 2.28 bits per heavy atom. The molecule has 3 rings (SSSR count). The number of fused-ring (bicyclic) bond motifs is 1. The third kappa shape index (κ3) is 1.75. The Morgan fingerprint density at radius 1 is 1.39 bits per heavy atom. The Kier molecular flexibility index (Phi) is 2.72. The van der Waals surface area contributed by atoms with Crippen molar-refractivity contribution in [2.75, 3.05) is 13.7 Å². The molecule has 0 saturated carbocycles. The molecule has 2 aromatic heterocycles. The molecule has 1 aliphatic heterocycles. The summed E-state index contributed by atoms with van der Waals surface area (Å²) in [5, 5.41) is 0. The third-order valence-electron chi connectivity index (χ3n) is 3.10. The highest BCUT2D eigenvalue weighted by atomic mass is 16.5. The minimum absolute atomic E-state index is 0.0323. The van der Waals surface area contributed by atoms with Gasteiger partial charge in [-0.1, -0.05) is 12.2 Å². The van der Waals surface area contributed by atoms with E-state index in [1.54, 1.807) is 7.11 Å². The first-order valence-corrected chi connectivity index (χ1v) is 5.88. The quantitative estimate of drug-likeness (QED) is 0.759. The summed E-state index contributed by atoms with van der Waals surface area (Å²) in [5.41, 5.74) is 3.87. The summed E-state index contributed by atoms with van der Waals surface area (Å²) in [6.07, 6.45) is 5.91. The van der Waals surface area contributed by atoms with Crippen molar-refractivity contribution in [1.29, 1.82) is 0 Å². The zero-order valence-electron chi connectivity index (χ0n) is 10.4. The number of hydrogen-bond acceptors (Lipinski definition) is 4. The van der Waals surface area contributed by atoms with Gasteiger partial charge in [0.2, 0.25) is 5.88 Å². The highest BCUT2D eigenvalue weighted by molar-refractivity contribution is 5.80. The van der Waals surface area contributed by atoms with Crippen LogP contribution in [-0.2, 0) is 4.74 Å². The largest absolute Gasteiger partial charge is 0.481 e. The van der Waals surface area contributed by atoms with Crippen LogP contribution >= 0.6 is 0 Å². The van der Waals surface area contributed by atoms with Crippen LogP contribution in [-0.4, -0.2) is 23.7 Å². The monoisotopic (exact) mass is 242 g/mol. The number of ether oxygens (including phenoxy) is 2. The van der Waals surface area contributed by atoms with Gasteiger partial charge in [-0.3, -0.25) is 4.98 Å². The van der Waals surface area contributed by atoms with Gasteiger partial charge < -0.3 is 9.47 Å². The second-order valence-electron chi connectivity index (χ2n) is 4.26. The number of pyridine rings is 2. The van der Waals surface area contributed by atoms with E-state index < -0.39 is 0 Å². The molecule has 0 aliphatic carbocycles. The van der Waals surface area contributed by atoms with Crippen molar-refractivity contribution < 1.29 is 9.47 Å². The Morgan fingerprint density at radius 3 is 3.00 bits per heavy atom. The van der Waals surface area contributed by atoms with Gasteiger partial charge in [-0.05, 0) is 18.6 Å². The molecule has 1 aliphatic rings. The molecule has 0 N–H and O–H groups in total. The Labute approximate surface area is 105 Å². The van der Waals surface area contributed by atoms with E-state index in [4.69, 9.17) is 9.47 Å². The van der Waals surface area contributed by atoms with Crippen LogP contribution in [0.3, 0.4) is 0 Å². The molecule has 1 atom stereocenters. The number of nitrogens with zero attached hydrogens (tertiary/aromatic N) is 2. The Bertz CT molecular complexity index is 622. The molecule has 2 aromatic rings. The van der Waals surface area contributed by atoms with Crippen molar-refractivity contribution in [3.05, 3.63) is 41.6 Å².